The number of hydrogen-bond acceptors (Lipinski definition) is 4. The summed E-state index contributed by atoms with van der Waals surface area (Å²) in [5.74, 6) is 0.554. The van der Waals surface area contributed by atoms with Gasteiger partial charge in [-0.15, -0.1) is 0 Å². The van der Waals surface area contributed by atoms with Crippen LogP contribution in [0.2, 0.25) is 5.02 Å². The van der Waals surface area contributed by atoms with Gasteiger partial charge in [0.15, 0.2) is 5.16 Å². The van der Waals surface area contributed by atoms with E-state index in [0.717, 1.165) is 16.7 Å². The van der Waals surface area contributed by atoms with Crippen LogP contribution in [0, 0.1) is 6.92 Å². The number of thioether (sulfide) groups is 1. The fraction of sp³-hybridized carbons (Fsp3) is 0.190. The summed E-state index contributed by atoms with van der Waals surface area (Å²) in [6.45, 7) is 2.00. The van der Waals surface area contributed by atoms with Gasteiger partial charge in [0.2, 0.25) is 5.91 Å². The molecule has 2 N–H and O–H groups in total. The number of H-pyrrole nitrogens is 1. The van der Waals surface area contributed by atoms with E-state index in [2.05, 4.69) is 15.3 Å². The highest BCUT2D eigenvalue weighted by Crippen LogP contribution is 2.34. The van der Waals surface area contributed by atoms with Crippen molar-refractivity contribution < 1.29 is 4.79 Å². The molecule has 1 unspecified atom stereocenters. The Bertz CT molecular complexity index is 1080. The van der Waals surface area contributed by atoms with Gasteiger partial charge in [-0.2, -0.15) is 0 Å². The lowest BCUT2D eigenvalue weighted by atomic mass is 9.86. The highest BCUT2D eigenvalue weighted by atomic mass is 35.5. The Kier molecular flexibility index (Phi) is 5.24. The highest BCUT2D eigenvalue weighted by molar-refractivity contribution is 7.98. The molecule has 28 heavy (non-hydrogen) atoms. The number of amides is 1. The minimum atomic E-state index is -0.295. The maximum absolute atomic E-state index is 12.8. The Morgan fingerprint density at radius 1 is 1.11 bits per heavy atom. The van der Waals surface area contributed by atoms with Crippen LogP contribution in [0.25, 0.3) is 0 Å². The molecule has 0 spiro atoms. The summed E-state index contributed by atoms with van der Waals surface area (Å²) in [5, 5.41) is 3.91. The lowest BCUT2D eigenvalue weighted by molar-refractivity contribution is -0.116. The second-order valence-electron chi connectivity index (χ2n) is 6.76. The lowest BCUT2D eigenvalue weighted by Gasteiger charge is -2.24. The number of rotatable bonds is 4. The second-order valence-corrected chi connectivity index (χ2v) is 8.16. The molecule has 1 atom stereocenters. The van der Waals surface area contributed by atoms with Gasteiger partial charge in [-0.1, -0.05) is 65.3 Å². The number of halogens is 1. The Morgan fingerprint density at radius 3 is 2.54 bits per heavy atom. The monoisotopic (exact) mass is 411 g/mol. The summed E-state index contributed by atoms with van der Waals surface area (Å²) in [5.41, 5.74) is 3.44. The number of carbonyl (C=O) groups is 1. The first-order valence-corrected chi connectivity index (χ1v) is 10.2. The van der Waals surface area contributed by atoms with Crippen molar-refractivity contribution in [2.45, 2.75) is 30.2 Å². The summed E-state index contributed by atoms with van der Waals surface area (Å²) in [4.78, 5) is 32.4. The molecular weight excluding hydrogens is 394 g/mol. The molecule has 0 fully saturated rings. The predicted octanol–water partition coefficient (Wildman–Crippen LogP) is 4.50. The fourth-order valence-electron chi connectivity index (χ4n) is 3.23. The Hall–Kier alpha value is -2.57. The van der Waals surface area contributed by atoms with Crippen molar-refractivity contribution >= 4 is 35.1 Å². The zero-order chi connectivity index (χ0) is 19.7. The molecule has 142 valence electrons. The SMILES string of the molecule is Cc1ccc(C2CC(=O)Nc3nc(SCc4ccc(Cl)cc4)[nH]c(=O)c32)cc1. The lowest BCUT2D eigenvalue weighted by Crippen LogP contribution is -2.31. The number of hydrogen-bond donors (Lipinski definition) is 2. The molecule has 0 saturated carbocycles. The topological polar surface area (TPSA) is 74.8 Å². The first-order valence-electron chi connectivity index (χ1n) is 8.87. The Morgan fingerprint density at radius 2 is 1.82 bits per heavy atom. The van der Waals surface area contributed by atoms with Gasteiger partial charge in [0.25, 0.3) is 5.56 Å². The first kappa shape index (κ1) is 18.8. The van der Waals surface area contributed by atoms with E-state index in [1.165, 1.54) is 11.8 Å². The number of carbonyl (C=O) groups excluding carboxylic acids is 1. The molecular formula is C21H18ClN3O2S. The third kappa shape index (κ3) is 3.98. The minimum Gasteiger partial charge on any atom is -0.310 e. The van der Waals surface area contributed by atoms with E-state index in [-0.39, 0.29) is 23.8 Å². The molecule has 3 aromatic rings. The van der Waals surface area contributed by atoms with E-state index in [9.17, 15) is 9.59 Å². The van der Waals surface area contributed by atoms with Crippen LogP contribution >= 0.6 is 23.4 Å². The first-order chi connectivity index (χ1) is 13.5. The van der Waals surface area contributed by atoms with Crippen molar-refractivity contribution in [3.63, 3.8) is 0 Å². The maximum Gasteiger partial charge on any atom is 0.257 e. The van der Waals surface area contributed by atoms with Gasteiger partial charge in [-0.25, -0.2) is 4.98 Å². The van der Waals surface area contributed by atoms with Crippen LogP contribution in [0.15, 0.2) is 58.5 Å². The summed E-state index contributed by atoms with van der Waals surface area (Å²) in [6.07, 6.45) is 0.234. The number of nitrogens with zero attached hydrogens (tertiary/aromatic N) is 1. The van der Waals surface area contributed by atoms with E-state index < -0.39 is 0 Å². The quantitative estimate of drug-likeness (QED) is 0.489. The molecule has 1 aliphatic rings. The van der Waals surface area contributed by atoms with Crippen LogP contribution in [-0.4, -0.2) is 15.9 Å². The van der Waals surface area contributed by atoms with Crippen LogP contribution in [-0.2, 0) is 10.5 Å². The Balaban J connectivity index is 1.63. The van der Waals surface area contributed by atoms with Crippen LogP contribution in [0.5, 0.6) is 0 Å². The van der Waals surface area contributed by atoms with Crippen molar-refractivity contribution in [3.05, 3.63) is 86.2 Å². The van der Waals surface area contributed by atoms with E-state index in [1.807, 2.05) is 55.5 Å². The van der Waals surface area contributed by atoms with E-state index >= 15 is 0 Å². The van der Waals surface area contributed by atoms with Crippen LogP contribution in [0.1, 0.15) is 34.6 Å². The normalized spacial score (nSPS) is 15.8. The van der Waals surface area contributed by atoms with Gasteiger partial charge >= 0.3 is 0 Å². The van der Waals surface area contributed by atoms with Crippen molar-refractivity contribution in [2.24, 2.45) is 0 Å². The van der Waals surface area contributed by atoms with Gasteiger partial charge in [0.1, 0.15) is 5.82 Å². The van der Waals surface area contributed by atoms with Gasteiger partial charge in [-0.3, -0.25) is 9.59 Å². The van der Waals surface area contributed by atoms with E-state index in [1.54, 1.807) is 0 Å². The summed E-state index contributed by atoms with van der Waals surface area (Å²) >= 11 is 7.31. The fourth-order valence-corrected chi connectivity index (χ4v) is 4.18. The zero-order valence-electron chi connectivity index (χ0n) is 15.2. The standard InChI is InChI=1S/C21H18ClN3O2S/c1-12-2-6-14(7-3-12)16-10-17(26)23-19-18(16)20(27)25-21(24-19)28-11-13-4-8-15(22)9-5-13/h2-9,16H,10-11H2,1H3,(H2,23,24,25,26,27). The molecule has 0 saturated heterocycles. The predicted molar refractivity (Wildman–Crippen MR) is 112 cm³/mol. The molecule has 2 aromatic carbocycles. The number of fused-ring (bicyclic) bond motifs is 1. The molecule has 0 radical (unpaired) electrons. The van der Waals surface area contributed by atoms with Crippen LogP contribution in [0.4, 0.5) is 5.82 Å². The van der Waals surface area contributed by atoms with Crippen molar-refractivity contribution in [1.82, 2.24) is 9.97 Å². The van der Waals surface area contributed by atoms with E-state index in [4.69, 9.17) is 11.6 Å². The maximum atomic E-state index is 12.8. The molecule has 2 heterocycles. The number of aromatic amines is 1. The zero-order valence-corrected chi connectivity index (χ0v) is 16.7. The van der Waals surface area contributed by atoms with Gasteiger partial charge in [-0.05, 0) is 30.2 Å². The summed E-state index contributed by atoms with van der Waals surface area (Å²) in [6, 6.07) is 15.4. The molecule has 0 bridgehead atoms. The van der Waals surface area contributed by atoms with Gasteiger partial charge in [0.05, 0.1) is 5.56 Å². The number of aryl methyl sites for hydroxylation is 1. The number of nitrogens with one attached hydrogen (secondary N) is 2. The smallest absolute Gasteiger partial charge is 0.257 e. The van der Waals surface area contributed by atoms with Crippen LogP contribution < -0.4 is 10.9 Å². The average Bonchev–Trinajstić information content (AvgIpc) is 2.67. The number of aromatic nitrogens is 2. The number of benzene rings is 2. The van der Waals surface area contributed by atoms with Gasteiger partial charge < -0.3 is 10.3 Å². The molecule has 0 aliphatic carbocycles. The molecule has 4 rings (SSSR count). The highest BCUT2D eigenvalue weighted by Gasteiger charge is 2.30. The minimum absolute atomic E-state index is 0.134. The molecule has 1 aromatic heterocycles. The Labute approximate surface area is 171 Å². The summed E-state index contributed by atoms with van der Waals surface area (Å²) in [7, 11) is 0. The average molecular weight is 412 g/mol. The van der Waals surface area contributed by atoms with Crippen LogP contribution in [0.3, 0.4) is 0 Å². The van der Waals surface area contributed by atoms with Crippen molar-refractivity contribution in [3.8, 4) is 0 Å². The third-order valence-corrected chi connectivity index (χ3v) is 5.89. The molecule has 1 amide bonds. The molecule has 1 aliphatic heterocycles. The van der Waals surface area contributed by atoms with Crippen molar-refractivity contribution in [2.75, 3.05) is 5.32 Å². The molecule has 7 heteroatoms. The second kappa shape index (κ2) is 7.81. The third-order valence-electron chi connectivity index (χ3n) is 4.70. The number of anilines is 1. The largest absolute Gasteiger partial charge is 0.310 e. The van der Waals surface area contributed by atoms with E-state index in [0.29, 0.717) is 27.3 Å². The van der Waals surface area contributed by atoms with Gasteiger partial charge in [0, 0.05) is 23.1 Å². The molecule has 5 nitrogen and oxygen atoms in total. The van der Waals surface area contributed by atoms with Crippen molar-refractivity contribution in [1.29, 1.82) is 0 Å². The summed E-state index contributed by atoms with van der Waals surface area (Å²) < 4.78 is 0.